The Hall–Kier alpha value is -2.47. The molecule has 0 aliphatic carbocycles. The standard InChI is InChI=1S/C14H14O6/c1-3-11(15)12(16)8-20-14(18)10-7-5-4-6-9(10)13(17)19-2/h3-7,12,16H,1,8H2,2H3. The number of methoxy groups -OCH3 is 1. The molecular formula is C14H14O6. The summed E-state index contributed by atoms with van der Waals surface area (Å²) in [7, 11) is 1.19. The maximum Gasteiger partial charge on any atom is 0.339 e. The Morgan fingerprint density at radius 3 is 2.30 bits per heavy atom. The maximum atomic E-state index is 11.8. The third-order valence-electron chi connectivity index (χ3n) is 2.45. The zero-order valence-corrected chi connectivity index (χ0v) is 10.9. The highest BCUT2D eigenvalue weighted by Crippen LogP contribution is 2.11. The summed E-state index contributed by atoms with van der Waals surface area (Å²) < 4.78 is 9.33. The van der Waals surface area contributed by atoms with Gasteiger partial charge in [0.15, 0.2) is 11.9 Å². The Labute approximate surface area is 115 Å². The number of ketones is 1. The quantitative estimate of drug-likeness (QED) is 0.610. The van der Waals surface area contributed by atoms with E-state index in [1.54, 1.807) is 12.1 Å². The number of aliphatic hydroxyl groups excluding tert-OH is 1. The molecule has 0 aliphatic heterocycles. The fraction of sp³-hybridized carbons (Fsp3) is 0.214. The van der Waals surface area contributed by atoms with E-state index in [9.17, 15) is 19.5 Å². The summed E-state index contributed by atoms with van der Waals surface area (Å²) in [5, 5.41) is 9.35. The van der Waals surface area contributed by atoms with Crippen molar-refractivity contribution in [2.75, 3.05) is 13.7 Å². The molecule has 106 valence electrons. The van der Waals surface area contributed by atoms with Crippen LogP contribution >= 0.6 is 0 Å². The van der Waals surface area contributed by atoms with Crippen LogP contribution in [0.1, 0.15) is 20.7 Å². The lowest BCUT2D eigenvalue weighted by Gasteiger charge is -2.10. The summed E-state index contributed by atoms with van der Waals surface area (Å²) >= 11 is 0. The third-order valence-corrected chi connectivity index (χ3v) is 2.45. The van der Waals surface area contributed by atoms with Crippen molar-refractivity contribution in [3.8, 4) is 0 Å². The molecule has 0 bridgehead atoms. The predicted molar refractivity (Wildman–Crippen MR) is 69.3 cm³/mol. The van der Waals surface area contributed by atoms with Crippen LogP contribution in [0.25, 0.3) is 0 Å². The summed E-state index contributed by atoms with van der Waals surface area (Å²) in [6, 6.07) is 5.91. The van der Waals surface area contributed by atoms with Crippen molar-refractivity contribution in [1.82, 2.24) is 0 Å². The molecule has 1 aromatic rings. The first-order chi connectivity index (χ1) is 9.51. The smallest absolute Gasteiger partial charge is 0.339 e. The average molecular weight is 278 g/mol. The summed E-state index contributed by atoms with van der Waals surface area (Å²) in [6.07, 6.45) is -0.539. The van der Waals surface area contributed by atoms with Gasteiger partial charge in [0.25, 0.3) is 0 Å². The van der Waals surface area contributed by atoms with Crippen LogP contribution in [0.15, 0.2) is 36.9 Å². The van der Waals surface area contributed by atoms with Crippen molar-refractivity contribution >= 4 is 17.7 Å². The molecule has 0 saturated heterocycles. The Bertz CT molecular complexity index is 534. The number of rotatable bonds is 6. The largest absolute Gasteiger partial charge is 0.465 e. The first-order valence-electron chi connectivity index (χ1n) is 5.70. The number of ether oxygens (including phenoxy) is 2. The molecule has 1 N–H and O–H groups in total. The SMILES string of the molecule is C=CC(=O)C(O)COC(=O)c1ccccc1C(=O)OC. The minimum atomic E-state index is -1.47. The second kappa shape index (κ2) is 7.20. The molecule has 0 spiro atoms. The molecule has 0 radical (unpaired) electrons. The van der Waals surface area contributed by atoms with E-state index in [2.05, 4.69) is 11.3 Å². The highest BCUT2D eigenvalue weighted by molar-refractivity contribution is 6.03. The lowest BCUT2D eigenvalue weighted by atomic mass is 10.1. The van der Waals surface area contributed by atoms with Crippen molar-refractivity contribution in [2.24, 2.45) is 0 Å². The van der Waals surface area contributed by atoms with Gasteiger partial charge in [-0.05, 0) is 18.2 Å². The van der Waals surface area contributed by atoms with Crippen LogP contribution in [-0.4, -0.2) is 42.6 Å². The summed E-state index contributed by atoms with van der Waals surface area (Å²) in [4.78, 5) is 34.4. The predicted octanol–water partition coefficient (Wildman–Crippen LogP) is 0.746. The molecule has 0 amide bonds. The van der Waals surface area contributed by atoms with E-state index in [1.807, 2.05) is 0 Å². The number of benzene rings is 1. The molecule has 6 nitrogen and oxygen atoms in total. The number of hydrogen-bond donors (Lipinski definition) is 1. The Morgan fingerprint density at radius 2 is 1.80 bits per heavy atom. The van der Waals surface area contributed by atoms with Gasteiger partial charge >= 0.3 is 11.9 Å². The minimum Gasteiger partial charge on any atom is -0.465 e. The van der Waals surface area contributed by atoms with Crippen molar-refractivity contribution in [3.63, 3.8) is 0 Å². The Balaban J connectivity index is 2.80. The van der Waals surface area contributed by atoms with Gasteiger partial charge < -0.3 is 14.6 Å². The topological polar surface area (TPSA) is 89.9 Å². The number of esters is 2. The van der Waals surface area contributed by atoms with E-state index in [0.717, 1.165) is 6.08 Å². The van der Waals surface area contributed by atoms with Crippen LogP contribution in [0.4, 0.5) is 0 Å². The van der Waals surface area contributed by atoms with Crippen molar-refractivity contribution in [1.29, 1.82) is 0 Å². The Morgan fingerprint density at radius 1 is 1.25 bits per heavy atom. The number of carbonyl (C=O) groups is 3. The first kappa shape index (κ1) is 15.6. The van der Waals surface area contributed by atoms with Crippen molar-refractivity contribution < 1.29 is 29.0 Å². The van der Waals surface area contributed by atoms with Crippen LogP contribution in [0.5, 0.6) is 0 Å². The number of carbonyl (C=O) groups excluding carboxylic acids is 3. The summed E-state index contributed by atoms with van der Waals surface area (Å²) in [5.74, 6) is -2.17. The van der Waals surface area contributed by atoms with E-state index in [-0.39, 0.29) is 11.1 Å². The van der Waals surface area contributed by atoms with E-state index in [0.29, 0.717) is 0 Å². The highest BCUT2D eigenvalue weighted by Gasteiger charge is 2.20. The zero-order valence-electron chi connectivity index (χ0n) is 10.9. The molecule has 20 heavy (non-hydrogen) atoms. The second-order valence-electron chi connectivity index (χ2n) is 3.76. The lowest BCUT2D eigenvalue weighted by molar-refractivity contribution is -0.124. The third kappa shape index (κ3) is 3.76. The molecule has 1 rings (SSSR count). The van der Waals surface area contributed by atoms with Gasteiger partial charge in [-0.25, -0.2) is 9.59 Å². The highest BCUT2D eigenvalue weighted by atomic mass is 16.5. The van der Waals surface area contributed by atoms with Crippen LogP contribution in [-0.2, 0) is 14.3 Å². The molecule has 6 heteroatoms. The monoisotopic (exact) mass is 278 g/mol. The average Bonchev–Trinajstić information content (AvgIpc) is 2.50. The molecule has 0 fully saturated rings. The van der Waals surface area contributed by atoms with Gasteiger partial charge in [-0.1, -0.05) is 18.7 Å². The molecule has 0 saturated carbocycles. The van der Waals surface area contributed by atoms with Crippen molar-refractivity contribution in [2.45, 2.75) is 6.10 Å². The van der Waals surface area contributed by atoms with Crippen LogP contribution in [0.3, 0.4) is 0 Å². The van der Waals surface area contributed by atoms with Gasteiger partial charge in [0.1, 0.15) is 6.61 Å². The fourth-order valence-corrected chi connectivity index (χ4v) is 1.40. The van der Waals surface area contributed by atoms with Gasteiger partial charge in [-0.3, -0.25) is 4.79 Å². The summed E-state index contributed by atoms with van der Waals surface area (Å²) in [6.45, 7) is 2.69. The van der Waals surface area contributed by atoms with E-state index >= 15 is 0 Å². The second-order valence-corrected chi connectivity index (χ2v) is 3.76. The molecule has 0 heterocycles. The molecule has 0 aliphatic rings. The molecular weight excluding hydrogens is 264 g/mol. The molecule has 0 aromatic heterocycles. The Kier molecular flexibility index (Phi) is 5.61. The fourth-order valence-electron chi connectivity index (χ4n) is 1.40. The van der Waals surface area contributed by atoms with Crippen molar-refractivity contribution in [3.05, 3.63) is 48.0 Å². The minimum absolute atomic E-state index is 0.00222. The van der Waals surface area contributed by atoms with E-state index in [1.165, 1.54) is 19.2 Å². The summed E-state index contributed by atoms with van der Waals surface area (Å²) in [5.41, 5.74) is 0.0436. The van der Waals surface area contributed by atoms with Gasteiger partial charge in [0.05, 0.1) is 18.2 Å². The molecule has 1 unspecified atom stereocenters. The van der Waals surface area contributed by atoms with Gasteiger partial charge in [-0.15, -0.1) is 0 Å². The molecule has 1 aromatic carbocycles. The van der Waals surface area contributed by atoms with Gasteiger partial charge in [-0.2, -0.15) is 0 Å². The number of aliphatic hydroxyl groups is 1. The maximum absolute atomic E-state index is 11.8. The lowest BCUT2D eigenvalue weighted by Crippen LogP contribution is -2.26. The van der Waals surface area contributed by atoms with Crippen LogP contribution < -0.4 is 0 Å². The van der Waals surface area contributed by atoms with Crippen LogP contribution in [0, 0.1) is 0 Å². The number of hydrogen-bond acceptors (Lipinski definition) is 6. The first-order valence-corrected chi connectivity index (χ1v) is 5.70. The zero-order chi connectivity index (χ0) is 15.1. The van der Waals surface area contributed by atoms with E-state index < -0.39 is 30.4 Å². The van der Waals surface area contributed by atoms with Gasteiger partial charge in [0.2, 0.25) is 0 Å². The normalized spacial score (nSPS) is 11.3. The van der Waals surface area contributed by atoms with Crippen LogP contribution in [0.2, 0.25) is 0 Å². The van der Waals surface area contributed by atoms with E-state index in [4.69, 9.17) is 4.74 Å². The van der Waals surface area contributed by atoms with Gasteiger partial charge in [0, 0.05) is 0 Å². The molecule has 1 atom stereocenters.